The highest BCUT2D eigenvalue weighted by Crippen LogP contribution is 2.18. The monoisotopic (exact) mass is 219 g/mol. The third kappa shape index (κ3) is 2.53. The number of nitrogens with zero attached hydrogens (tertiary/aromatic N) is 1. The van der Waals surface area contributed by atoms with Crippen molar-refractivity contribution in [2.24, 2.45) is 5.92 Å². The maximum atomic E-state index is 11.8. The standard InChI is InChI=1S/C12H13NO3/c1-8(2)9(3)12(14)10-4-6-11(7-5-10)13(15)16/h4-7,9H,1H2,2-3H3. The molecule has 0 aromatic heterocycles. The lowest BCUT2D eigenvalue weighted by molar-refractivity contribution is -0.384. The van der Waals surface area contributed by atoms with Crippen molar-refractivity contribution in [2.45, 2.75) is 13.8 Å². The highest BCUT2D eigenvalue weighted by atomic mass is 16.6. The predicted octanol–water partition coefficient (Wildman–Crippen LogP) is 2.99. The second-order valence-electron chi connectivity index (χ2n) is 3.74. The van der Waals surface area contributed by atoms with Crippen LogP contribution in [0.15, 0.2) is 36.4 Å². The highest BCUT2D eigenvalue weighted by Gasteiger charge is 2.16. The molecule has 0 heterocycles. The van der Waals surface area contributed by atoms with Gasteiger partial charge >= 0.3 is 0 Å². The van der Waals surface area contributed by atoms with E-state index in [0.29, 0.717) is 5.56 Å². The van der Waals surface area contributed by atoms with Crippen LogP contribution in [0.4, 0.5) is 5.69 Å². The second kappa shape index (κ2) is 4.70. The molecule has 4 heteroatoms. The summed E-state index contributed by atoms with van der Waals surface area (Å²) in [5.74, 6) is -0.330. The van der Waals surface area contributed by atoms with Crippen LogP contribution >= 0.6 is 0 Å². The van der Waals surface area contributed by atoms with E-state index in [1.165, 1.54) is 24.3 Å². The van der Waals surface area contributed by atoms with Gasteiger partial charge in [-0.1, -0.05) is 19.1 Å². The van der Waals surface area contributed by atoms with Gasteiger partial charge in [0.1, 0.15) is 0 Å². The first kappa shape index (κ1) is 12.1. The largest absolute Gasteiger partial charge is 0.294 e. The Morgan fingerprint density at radius 1 is 1.38 bits per heavy atom. The Morgan fingerprint density at radius 3 is 2.25 bits per heavy atom. The molecule has 0 aliphatic carbocycles. The number of rotatable bonds is 4. The molecule has 1 aromatic rings. The summed E-state index contributed by atoms with van der Waals surface area (Å²) in [7, 11) is 0. The van der Waals surface area contributed by atoms with Crippen LogP contribution in [0.2, 0.25) is 0 Å². The maximum absolute atomic E-state index is 11.8. The van der Waals surface area contributed by atoms with Crippen LogP contribution in [-0.4, -0.2) is 10.7 Å². The summed E-state index contributed by atoms with van der Waals surface area (Å²) in [6.45, 7) is 7.27. The molecule has 1 aromatic carbocycles. The Hall–Kier alpha value is -1.97. The summed E-state index contributed by atoms with van der Waals surface area (Å²) in [6, 6.07) is 5.61. The SMILES string of the molecule is C=C(C)C(C)C(=O)c1ccc([N+](=O)[O-])cc1. The van der Waals surface area contributed by atoms with Crippen molar-refractivity contribution in [1.82, 2.24) is 0 Å². The van der Waals surface area contributed by atoms with Gasteiger partial charge in [-0.15, -0.1) is 0 Å². The van der Waals surface area contributed by atoms with Crippen LogP contribution in [0.25, 0.3) is 0 Å². The fourth-order valence-electron chi connectivity index (χ4n) is 1.22. The number of carbonyl (C=O) groups is 1. The van der Waals surface area contributed by atoms with E-state index in [1.54, 1.807) is 13.8 Å². The predicted molar refractivity (Wildman–Crippen MR) is 61.4 cm³/mol. The molecule has 1 unspecified atom stereocenters. The Kier molecular flexibility index (Phi) is 3.55. The normalized spacial score (nSPS) is 11.9. The fraction of sp³-hybridized carbons (Fsp3) is 0.250. The Labute approximate surface area is 93.7 Å². The average Bonchev–Trinajstić information content (AvgIpc) is 2.27. The molecule has 0 spiro atoms. The highest BCUT2D eigenvalue weighted by molar-refractivity contribution is 5.99. The summed E-state index contributed by atoms with van der Waals surface area (Å²) in [5, 5.41) is 10.4. The van der Waals surface area contributed by atoms with Gasteiger partial charge in [0.15, 0.2) is 5.78 Å². The smallest absolute Gasteiger partial charge is 0.269 e. The molecule has 0 saturated carbocycles. The minimum Gasteiger partial charge on any atom is -0.294 e. The zero-order chi connectivity index (χ0) is 12.3. The minimum absolute atomic E-state index is 0.0143. The lowest BCUT2D eigenvalue weighted by Crippen LogP contribution is -2.11. The average molecular weight is 219 g/mol. The van der Waals surface area contributed by atoms with Crippen LogP contribution in [0.3, 0.4) is 0 Å². The molecule has 0 saturated heterocycles. The number of non-ortho nitro benzene ring substituents is 1. The first-order valence-electron chi connectivity index (χ1n) is 4.87. The van der Waals surface area contributed by atoms with Crippen molar-refractivity contribution in [3.05, 3.63) is 52.1 Å². The van der Waals surface area contributed by atoms with Crippen LogP contribution in [0.5, 0.6) is 0 Å². The molecule has 0 amide bonds. The molecule has 1 rings (SSSR count). The molecule has 4 nitrogen and oxygen atoms in total. The number of carbonyl (C=O) groups excluding carboxylic acids is 1. The summed E-state index contributed by atoms with van der Waals surface area (Å²) >= 11 is 0. The summed E-state index contributed by atoms with van der Waals surface area (Å²) in [4.78, 5) is 21.8. The van der Waals surface area contributed by atoms with E-state index in [9.17, 15) is 14.9 Å². The molecular weight excluding hydrogens is 206 g/mol. The zero-order valence-corrected chi connectivity index (χ0v) is 9.27. The van der Waals surface area contributed by atoms with Gasteiger partial charge in [-0.3, -0.25) is 14.9 Å². The van der Waals surface area contributed by atoms with Crippen molar-refractivity contribution in [3.8, 4) is 0 Å². The zero-order valence-electron chi connectivity index (χ0n) is 9.27. The van der Waals surface area contributed by atoms with E-state index in [2.05, 4.69) is 6.58 Å². The molecule has 0 aliphatic rings. The molecule has 84 valence electrons. The number of hydrogen-bond acceptors (Lipinski definition) is 3. The molecule has 16 heavy (non-hydrogen) atoms. The number of nitro groups is 1. The molecule has 1 atom stereocenters. The van der Waals surface area contributed by atoms with E-state index in [1.807, 2.05) is 0 Å². The van der Waals surface area contributed by atoms with Gasteiger partial charge in [-0.05, 0) is 19.1 Å². The topological polar surface area (TPSA) is 60.2 Å². The van der Waals surface area contributed by atoms with Gasteiger partial charge in [0.05, 0.1) is 4.92 Å². The summed E-state index contributed by atoms with van der Waals surface area (Å²) in [5.41, 5.74) is 1.24. The quantitative estimate of drug-likeness (QED) is 0.338. The molecule has 0 radical (unpaired) electrons. The Balaban J connectivity index is 2.94. The van der Waals surface area contributed by atoms with Crippen molar-refractivity contribution in [1.29, 1.82) is 0 Å². The number of benzene rings is 1. The molecule has 0 aliphatic heterocycles. The lowest BCUT2D eigenvalue weighted by Gasteiger charge is -2.09. The van der Waals surface area contributed by atoms with Crippen LogP contribution < -0.4 is 0 Å². The Morgan fingerprint density at radius 2 is 1.88 bits per heavy atom. The van der Waals surface area contributed by atoms with Crippen molar-refractivity contribution in [3.63, 3.8) is 0 Å². The third-order valence-electron chi connectivity index (χ3n) is 2.50. The van der Waals surface area contributed by atoms with Gasteiger partial charge in [0.2, 0.25) is 0 Å². The second-order valence-corrected chi connectivity index (χ2v) is 3.74. The lowest BCUT2D eigenvalue weighted by atomic mass is 9.94. The van der Waals surface area contributed by atoms with Gasteiger partial charge in [0.25, 0.3) is 5.69 Å². The van der Waals surface area contributed by atoms with E-state index >= 15 is 0 Å². The number of ketones is 1. The molecule has 0 fully saturated rings. The van der Waals surface area contributed by atoms with E-state index in [-0.39, 0.29) is 17.4 Å². The maximum Gasteiger partial charge on any atom is 0.269 e. The van der Waals surface area contributed by atoms with E-state index in [4.69, 9.17) is 0 Å². The molecule has 0 N–H and O–H groups in total. The summed E-state index contributed by atoms with van der Waals surface area (Å²) < 4.78 is 0. The van der Waals surface area contributed by atoms with Gasteiger partial charge in [-0.2, -0.15) is 0 Å². The number of nitro benzene ring substituents is 1. The van der Waals surface area contributed by atoms with E-state index < -0.39 is 4.92 Å². The van der Waals surface area contributed by atoms with Crippen molar-refractivity contribution < 1.29 is 9.72 Å². The molecule has 0 bridgehead atoms. The van der Waals surface area contributed by atoms with Crippen LogP contribution in [0.1, 0.15) is 24.2 Å². The third-order valence-corrected chi connectivity index (χ3v) is 2.50. The van der Waals surface area contributed by atoms with Crippen LogP contribution in [0, 0.1) is 16.0 Å². The number of allylic oxidation sites excluding steroid dienone is 1. The number of Topliss-reactive ketones (excluding diaryl/α,β-unsaturated/α-hetero) is 1. The first-order chi connectivity index (χ1) is 7.43. The molecular formula is C12H13NO3. The van der Waals surface area contributed by atoms with Gasteiger partial charge in [-0.25, -0.2) is 0 Å². The Bertz CT molecular complexity index is 434. The first-order valence-corrected chi connectivity index (χ1v) is 4.87. The van der Waals surface area contributed by atoms with Crippen molar-refractivity contribution >= 4 is 11.5 Å². The van der Waals surface area contributed by atoms with Gasteiger partial charge in [0, 0.05) is 23.6 Å². The summed E-state index contributed by atoms with van der Waals surface area (Å²) in [6.07, 6.45) is 0. The van der Waals surface area contributed by atoms with Gasteiger partial charge < -0.3 is 0 Å². The number of hydrogen-bond donors (Lipinski definition) is 0. The fourth-order valence-corrected chi connectivity index (χ4v) is 1.22. The van der Waals surface area contributed by atoms with Crippen molar-refractivity contribution in [2.75, 3.05) is 0 Å². The van der Waals surface area contributed by atoms with E-state index in [0.717, 1.165) is 5.57 Å². The minimum atomic E-state index is -0.490. The van der Waals surface area contributed by atoms with Crippen LogP contribution in [-0.2, 0) is 0 Å².